The summed E-state index contributed by atoms with van der Waals surface area (Å²) in [6, 6.07) is 5.46. The van der Waals surface area contributed by atoms with Gasteiger partial charge in [0.1, 0.15) is 11.5 Å². The highest BCUT2D eigenvalue weighted by Gasteiger charge is 2.12. The molecule has 9 nitrogen and oxygen atoms in total. The molecule has 0 spiro atoms. The summed E-state index contributed by atoms with van der Waals surface area (Å²) >= 11 is 0. The maximum atomic E-state index is 13.7. The van der Waals surface area contributed by atoms with E-state index < -0.39 is 41.5 Å². The van der Waals surface area contributed by atoms with E-state index in [1.165, 1.54) is 0 Å². The van der Waals surface area contributed by atoms with Crippen LogP contribution >= 0.6 is 0 Å². The van der Waals surface area contributed by atoms with Gasteiger partial charge in [0.25, 0.3) is 0 Å². The number of rotatable bonds is 5. The van der Waals surface area contributed by atoms with Crippen molar-refractivity contribution in [1.29, 1.82) is 0 Å². The molecular formula is C12H11F2N5O4S2. The lowest BCUT2D eigenvalue weighted by Crippen LogP contribution is -2.12. The van der Waals surface area contributed by atoms with Crippen LogP contribution in [-0.4, -0.2) is 16.8 Å². The van der Waals surface area contributed by atoms with Gasteiger partial charge in [0.2, 0.25) is 20.0 Å². The molecule has 0 aliphatic carbocycles. The topological polar surface area (TPSA) is 157 Å². The Bertz CT molecular complexity index is 1060. The number of nitrogens with zero attached hydrogens (tertiary/aromatic N) is 2. The molecule has 2 aromatic rings. The smallest absolute Gasteiger partial charge is 0.238 e. The highest BCUT2D eigenvalue weighted by molar-refractivity contribution is 7.89. The number of nitrogens with two attached hydrogens (primary N) is 2. The number of primary sulfonamides is 2. The second-order valence-electron chi connectivity index (χ2n) is 4.66. The van der Waals surface area contributed by atoms with Crippen LogP contribution in [0.15, 0.2) is 56.5 Å². The monoisotopic (exact) mass is 391 g/mol. The maximum absolute atomic E-state index is 13.7. The van der Waals surface area contributed by atoms with E-state index in [1.54, 1.807) is 0 Å². The zero-order valence-corrected chi connectivity index (χ0v) is 13.9. The van der Waals surface area contributed by atoms with E-state index in [1.807, 2.05) is 0 Å². The number of benzene rings is 2. The lowest BCUT2D eigenvalue weighted by Gasteiger charge is -2.04. The number of halogens is 2. The Kier molecular flexibility index (Phi) is 5.12. The third-order valence-electron chi connectivity index (χ3n) is 2.84. The summed E-state index contributed by atoms with van der Waals surface area (Å²) in [5.41, 5.74) is 1.58. The van der Waals surface area contributed by atoms with Crippen LogP contribution in [0.3, 0.4) is 0 Å². The van der Waals surface area contributed by atoms with Gasteiger partial charge in [0.05, 0.1) is 15.5 Å². The summed E-state index contributed by atoms with van der Waals surface area (Å²) in [4.78, 5) is -0.876. The second-order valence-corrected chi connectivity index (χ2v) is 7.78. The van der Waals surface area contributed by atoms with Gasteiger partial charge in [-0.15, -0.1) is 5.11 Å². The van der Waals surface area contributed by atoms with E-state index in [0.29, 0.717) is 12.1 Å². The van der Waals surface area contributed by atoms with Gasteiger partial charge in [-0.3, -0.25) is 5.43 Å². The molecule has 0 fully saturated rings. The molecule has 5 N–H and O–H groups in total. The van der Waals surface area contributed by atoms with Crippen molar-refractivity contribution in [3.63, 3.8) is 0 Å². The van der Waals surface area contributed by atoms with Crippen LogP contribution in [0.4, 0.5) is 20.2 Å². The Morgan fingerprint density at radius 1 is 0.840 bits per heavy atom. The van der Waals surface area contributed by atoms with Gasteiger partial charge < -0.3 is 0 Å². The van der Waals surface area contributed by atoms with Crippen LogP contribution in [0, 0.1) is 11.6 Å². The fraction of sp³-hybridized carbons (Fsp3) is 0. The first kappa shape index (κ1) is 18.9. The molecule has 0 amide bonds. The minimum atomic E-state index is -4.06. The third-order valence-corrected chi connectivity index (χ3v) is 4.67. The molecule has 0 aliphatic rings. The SMILES string of the molecule is NS(=O)(=O)c1ccc(N=NNc2ccc(S(N)(=O)=O)cc2F)c(F)c1. The largest absolute Gasteiger partial charge is 0.257 e. The van der Waals surface area contributed by atoms with E-state index in [2.05, 4.69) is 15.8 Å². The maximum Gasteiger partial charge on any atom is 0.238 e. The molecule has 0 heterocycles. The van der Waals surface area contributed by atoms with Gasteiger partial charge in [-0.25, -0.2) is 35.9 Å². The molecule has 0 saturated carbocycles. The molecule has 134 valence electrons. The van der Waals surface area contributed by atoms with Gasteiger partial charge >= 0.3 is 0 Å². The fourth-order valence-corrected chi connectivity index (χ4v) is 2.69. The molecule has 0 unspecified atom stereocenters. The first-order chi connectivity index (χ1) is 11.5. The molecule has 0 radical (unpaired) electrons. The Labute approximate surface area is 141 Å². The van der Waals surface area contributed by atoms with E-state index in [-0.39, 0.29) is 11.4 Å². The number of hydrogen-bond donors (Lipinski definition) is 3. The Hall–Kier alpha value is -2.48. The summed E-state index contributed by atoms with van der Waals surface area (Å²) in [6.45, 7) is 0. The van der Waals surface area contributed by atoms with Crippen LogP contribution in [0.1, 0.15) is 0 Å². The number of nitrogens with one attached hydrogen (secondary N) is 1. The number of sulfonamides is 2. The summed E-state index contributed by atoms with van der Waals surface area (Å²) in [5.74, 6) is -1.99. The normalized spacial score (nSPS) is 12.5. The van der Waals surface area contributed by atoms with E-state index in [0.717, 1.165) is 24.3 Å². The first-order valence-corrected chi connectivity index (χ1v) is 9.39. The third kappa shape index (κ3) is 4.76. The van der Waals surface area contributed by atoms with Crippen molar-refractivity contribution in [2.24, 2.45) is 20.6 Å². The second kappa shape index (κ2) is 6.79. The standard InChI is InChI=1S/C12H11F2N5O4S2/c13-9-5-7(24(15,20)21)1-3-11(9)17-19-18-12-4-2-8(6-10(12)14)25(16,22)23/h1-6H,(H,17,18)(H2,15,20,21)(H2,16,22,23). The van der Waals surface area contributed by atoms with Gasteiger partial charge in [-0.2, -0.15) is 0 Å². The average Bonchev–Trinajstić information content (AvgIpc) is 2.48. The highest BCUT2D eigenvalue weighted by Crippen LogP contribution is 2.22. The lowest BCUT2D eigenvalue weighted by molar-refractivity contribution is 0.592. The van der Waals surface area contributed by atoms with E-state index in [9.17, 15) is 25.6 Å². The van der Waals surface area contributed by atoms with E-state index >= 15 is 0 Å². The molecule has 2 aromatic carbocycles. The number of anilines is 1. The molecule has 0 atom stereocenters. The minimum absolute atomic E-state index is 0.238. The van der Waals surface area contributed by atoms with Crippen molar-refractivity contribution >= 4 is 31.4 Å². The summed E-state index contributed by atoms with van der Waals surface area (Å²) in [7, 11) is -8.12. The molecular weight excluding hydrogens is 380 g/mol. The zero-order valence-electron chi connectivity index (χ0n) is 12.2. The van der Waals surface area contributed by atoms with Gasteiger partial charge in [0, 0.05) is 0 Å². The summed E-state index contributed by atoms with van der Waals surface area (Å²) in [6.07, 6.45) is 0. The minimum Gasteiger partial charge on any atom is -0.257 e. The molecule has 25 heavy (non-hydrogen) atoms. The van der Waals surface area contributed by atoms with E-state index in [4.69, 9.17) is 10.3 Å². The van der Waals surface area contributed by atoms with Crippen LogP contribution < -0.4 is 15.7 Å². The van der Waals surface area contributed by atoms with Crippen LogP contribution in [0.25, 0.3) is 0 Å². The van der Waals surface area contributed by atoms with Crippen molar-refractivity contribution in [3.8, 4) is 0 Å². The highest BCUT2D eigenvalue weighted by atomic mass is 32.2. The van der Waals surface area contributed by atoms with Crippen LogP contribution in [0.5, 0.6) is 0 Å². The van der Waals surface area contributed by atoms with Gasteiger partial charge in [0.15, 0.2) is 5.82 Å². The zero-order chi connectivity index (χ0) is 18.8. The van der Waals surface area contributed by atoms with Crippen molar-refractivity contribution in [3.05, 3.63) is 48.0 Å². The first-order valence-electron chi connectivity index (χ1n) is 6.30. The van der Waals surface area contributed by atoms with Gasteiger partial charge in [-0.1, -0.05) is 5.22 Å². The fourth-order valence-electron chi connectivity index (χ4n) is 1.64. The molecule has 2 rings (SSSR count). The molecule has 0 aromatic heterocycles. The Morgan fingerprint density at radius 2 is 1.36 bits per heavy atom. The quantitative estimate of drug-likeness (QED) is 0.518. The van der Waals surface area contributed by atoms with Crippen molar-refractivity contribution < 1.29 is 25.6 Å². The van der Waals surface area contributed by atoms with Crippen molar-refractivity contribution in [1.82, 2.24) is 0 Å². The van der Waals surface area contributed by atoms with Crippen LogP contribution in [0.2, 0.25) is 0 Å². The summed E-state index contributed by atoms with van der Waals surface area (Å²) in [5, 5.41) is 16.5. The average molecular weight is 391 g/mol. The van der Waals surface area contributed by atoms with Crippen molar-refractivity contribution in [2.45, 2.75) is 9.79 Å². The Balaban J connectivity index is 2.19. The predicted octanol–water partition coefficient (Wildman–Crippen LogP) is 1.37. The van der Waals surface area contributed by atoms with Crippen molar-refractivity contribution in [2.75, 3.05) is 5.43 Å². The lowest BCUT2D eigenvalue weighted by atomic mass is 10.3. The molecule has 0 aliphatic heterocycles. The van der Waals surface area contributed by atoms with Gasteiger partial charge in [-0.05, 0) is 36.4 Å². The number of hydrogen-bond acceptors (Lipinski definition) is 6. The predicted molar refractivity (Wildman–Crippen MR) is 83.7 cm³/mol. The molecule has 0 saturated heterocycles. The Morgan fingerprint density at radius 3 is 1.84 bits per heavy atom. The molecule has 0 bridgehead atoms. The molecule has 13 heteroatoms. The summed E-state index contributed by atoms with van der Waals surface area (Å²) < 4.78 is 71.8. The van der Waals surface area contributed by atoms with Crippen LogP contribution in [-0.2, 0) is 20.0 Å².